The van der Waals surface area contributed by atoms with E-state index in [0.717, 1.165) is 0 Å². The second-order valence-electron chi connectivity index (χ2n) is 3.20. The molecule has 0 aromatic carbocycles. The van der Waals surface area contributed by atoms with Crippen LogP contribution in [0.4, 0.5) is 5.82 Å². The van der Waals surface area contributed by atoms with Gasteiger partial charge in [0.15, 0.2) is 16.1 Å². The van der Waals surface area contributed by atoms with E-state index in [0.29, 0.717) is 5.82 Å². The Balaban J connectivity index is 2.22. The fourth-order valence-electron chi connectivity index (χ4n) is 1.18. The van der Waals surface area contributed by atoms with Crippen LogP contribution in [0.25, 0.3) is 0 Å². The van der Waals surface area contributed by atoms with Crippen molar-refractivity contribution in [2.24, 2.45) is 7.05 Å². The SMILES string of the molecule is Cn1ccc(NC(=O)c2cc(Cl)nnc2Cl)n1. The van der Waals surface area contributed by atoms with Crippen molar-refractivity contribution in [3.8, 4) is 0 Å². The topological polar surface area (TPSA) is 72.7 Å². The minimum Gasteiger partial charge on any atom is -0.305 e. The molecule has 0 aliphatic heterocycles. The van der Waals surface area contributed by atoms with Gasteiger partial charge in [0.25, 0.3) is 5.91 Å². The summed E-state index contributed by atoms with van der Waals surface area (Å²) in [5, 5.41) is 13.7. The zero-order chi connectivity index (χ0) is 12.4. The molecule has 0 spiro atoms. The Bertz CT molecular complexity index is 568. The van der Waals surface area contributed by atoms with E-state index in [1.807, 2.05) is 0 Å². The van der Waals surface area contributed by atoms with Crippen molar-refractivity contribution in [1.29, 1.82) is 0 Å². The third-order valence-electron chi connectivity index (χ3n) is 1.92. The first kappa shape index (κ1) is 11.8. The smallest absolute Gasteiger partial charge is 0.260 e. The normalized spacial score (nSPS) is 10.3. The van der Waals surface area contributed by atoms with Crippen LogP contribution in [-0.2, 0) is 7.05 Å². The number of hydrogen-bond acceptors (Lipinski definition) is 4. The summed E-state index contributed by atoms with van der Waals surface area (Å²) in [4.78, 5) is 11.8. The van der Waals surface area contributed by atoms with Gasteiger partial charge in [0.05, 0.1) is 5.56 Å². The number of halogens is 2. The average molecular weight is 272 g/mol. The van der Waals surface area contributed by atoms with E-state index in [9.17, 15) is 4.79 Å². The van der Waals surface area contributed by atoms with E-state index in [-0.39, 0.29) is 15.9 Å². The van der Waals surface area contributed by atoms with Crippen LogP contribution in [0, 0.1) is 0 Å². The van der Waals surface area contributed by atoms with Crippen LogP contribution in [0.2, 0.25) is 10.3 Å². The van der Waals surface area contributed by atoms with Crippen molar-refractivity contribution < 1.29 is 4.79 Å². The lowest BCUT2D eigenvalue weighted by Crippen LogP contribution is -2.14. The summed E-state index contributed by atoms with van der Waals surface area (Å²) in [6.45, 7) is 0. The van der Waals surface area contributed by atoms with Crippen LogP contribution in [0.1, 0.15) is 10.4 Å². The lowest BCUT2D eigenvalue weighted by molar-refractivity contribution is 0.102. The number of carbonyl (C=O) groups excluding carboxylic acids is 1. The highest BCUT2D eigenvalue weighted by atomic mass is 35.5. The summed E-state index contributed by atoms with van der Waals surface area (Å²) >= 11 is 11.4. The third-order valence-corrected chi connectivity index (χ3v) is 2.38. The number of aromatic nitrogens is 4. The molecule has 2 heterocycles. The summed E-state index contributed by atoms with van der Waals surface area (Å²) in [6, 6.07) is 3.00. The number of aryl methyl sites for hydroxylation is 1. The molecule has 2 aromatic heterocycles. The number of anilines is 1. The Morgan fingerprint density at radius 1 is 1.41 bits per heavy atom. The first-order valence-electron chi connectivity index (χ1n) is 4.56. The molecule has 1 N–H and O–H groups in total. The van der Waals surface area contributed by atoms with Crippen LogP contribution < -0.4 is 5.32 Å². The molecule has 0 aliphatic carbocycles. The fourth-order valence-corrected chi connectivity index (χ4v) is 1.50. The van der Waals surface area contributed by atoms with E-state index in [1.54, 1.807) is 24.0 Å². The molecule has 6 nitrogen and oxygen atoms in total. The van der Waals surface area contributed by atoms with E-state index in [4.69, 9.17) is 23.2 Å². The van der Waals surface area contributed by atoms with Crippen LogP contribution in [-0.4, -0.2) is 25.9 Å². The van der Waals surface area contributed by atoms with Crippen molar-refractivity contribution in [3.63, 3.8) is 0 Å². The Morgan fingerprint density at radius 3 is 2.82 bits per heavy atom. The van der Waals surface area contributed by atoms with Crippen molar-refractivity contribution >= 4 is 34.9 Å². The minimum atomic E-state index is -0.439. The maximum absolute atomic E-state index is 11.8. The fraction of sp³-hybridized carbons (Fsp3) is 0.111. The molecule has 8 heteroatoms. The number of carbonyl (C=O) groups is 1. The summed E-state index contributed by atoms with van der Waals surface area (Å²) in [6.07, 6.45) is 1.70. The molecule has 0 radical (unpaired) electrons. The van der Waals surface area contributed by atoms with Gasteiger partial charge in [-0.2, -0.15) is 5.10 Å². The summed E-state index contributed by atoms with van der Waals surface area (Å²) in [5.74, 6) is -0.0213. The lowest BCUT2D eigenvalue weighted by atomic mass is 10.3. The Labute approximate surface area is 107 Å². The van der Waals surface area contributed by atoms with Gasteiger partial charge in [0.2, 0.25) is 0 Å². The summed E-state index contributed by atoms with van der Waals surface area (Å²) in [7, 11) is 1.74. The maximum Gasteiger partial charge on any atom is 0.260 e. The van der Waals surface area contributed by atoms with Crippen LogP contribution in [0.3, 0.4) is 0 Å². The van der Waals surface area contributed by atoms with Crippen molar-refractivity contribution in [2.75, 3.05) is 5.32 Å². The van der Waals surface area contributed by atoms with Gasteiger partial charge in [0.1, 0.15) is 0 Å². The van der Waals surface area contributed by atoms with Gasteiger partial charge in [-0.25, -0.2) is 0 Å². The van der Waals surface area contributed by atoms with E-state index in [1.165, 1.54) is 6.07 Å². The molecule has 2 rings (SSSR count). The minimum absolute atomic E-state index is 0.0113. The molecule has 0 saturated carbocycles. The summed E-state index contributed by atoms with van der Waals surface area (Å²) in [5.41, 5.74) is 0.150. The van der Waals surface area contributed by atoms with Gasteiger partial charge in [-0.15, -0.1) is 10.2 Å². The van der Waals surface area contributed by atoms with E-state index in [2.05, 4.69) is 20.6 Å². The number of hydrogen-bond donors (Lipinski definition) is 1. The van der Waals surface area contributed by atoms with Crippen molar-refractivity contribution in [3.05, 3.63) is 34.2 Å². The molecule has 1 amide bonds. The highest BCUT2D eigenvalue weighted by Crippen LogP contribution is 2.16. The predicted molar refractivity (Wildman–Crippen MR) is 63.2 cm³/mol. The van der Waals surface area contributed by atoms with Crippen LogP contribution >= 0.6 is 23.2 Å². The van der Waals surface area contributed by atoms with Gasteiger partial charge in [-0.05, 0) is 6.07 Å². The van der Waals surface area contributed by atoms with Crippen molar-refractivity contribution in [1.82, 2.24) is 20.0 Å². The van der Waals surface area contributed by atoms with Crippen LogP contribution in [0.15, 0.2) is 18.3 Å². The first-order chi connectivity index (χ1) is 8.06. The largest absolute Gasteiger partial charge is 0.305 e. The predicted octanol–water partition coefficient (Wildman–Crippen LogP) is 1.77. The number of rotatable bonds is 2. The average Bonchev–Trinajstić information content (AvgIpc) is 2.67. The highest BCUT2D eigenvalue weighted by Gasteiger charge is 2.14. The van der Waals surface area contributed by atoms with Gasteiger partial charge in [-0.1, -0.05) is 23.2 Å². The second kappa shape index (κ2) is 4.68. The first-order valence-corrected chi connectivity index (χ1v) is 5.31. The molecule has 2 aromatic rings. The van der Waals surface area contributed by atoms with Crippen LogP contribution in [0.5, 0.6) is 0 Å². The maximum atomic E-state index is 11.8. The second-order valence-corrected chi connectivity index (χ2v) is 3.95. The lowest BCUT2D eigenvalue weighted by Gasteiger charge is -2.03. The van der Waals surface area contributed by atoms with Crippen molar-refractivity contribution in [2.45, 2.75) is 0 Å². The molecule has 0 bridgehead atoms. The van der Waals surface area contributed by atoms with E-state index >= 15 is 0 Å². The number of nitrogens with one attached hydrogen (secondary N) is 1. The zero-order valence-corrected chi connectivity index (χ0v) is 10.2. The van der Waals surface area contributed by atoms with Gasteiger partial charge < -0.3 is 5.32 Å². The third kappa shape index (κ3) is 2.72. The molecular weight excluding hydrogens is 265 g/mol. The Hall–Kier alpha value is -1.66. The zero-order valence-electron chi connectivity index (χ0n) is 8.69. The molecular formula is C9H7Cl2N5O. The molecule has 0 unspecified atom stereocenters. The molecule has 0 fully saturated rings. The molecule has 17 heavy (non-hydrogen) atoms. The quantitative estimate of drug-likeness (QED) is 0.904. The Morgan fingerprint density at radius 2 is 2.18 bits per heavy atom. The van der Waals surface area contributed by atoms with Gasteiger partial charge >= 0.3 is 0 Å². The summed E-state index contributed by atoms with van der Waals surface area (Å²) < 4.78 is 1.56. The van der Waals surface area contributed by atoms with E-state index < -0.39 is 5.91 Å². The monoisotopic (exact) mass is 271 g/mol. The van der Waals surface area contributed by atoms with Gasteiger partial charge in [0, 0.05) is 19.3 Å². The number of nitrogens with zero attached hydrogens (tertiary/aromatic N) is 4. The molecule has 0 saturated heterocycles. The standard InChI is InChI=1S/C9H7Cl2N5O/c1-16-3-2-7(15-16)12-9(17)5-4-6(10)13-14-8(5)11/h2-4H,1H3,(H,12,15,17). The number of amides is 1. The highest BCUT2D eigenvalue weighted by molar-refractivity contribution is 6.34. The molecule has 0 aliphatic rings. The molecule has 0 atom stereocenters. The molecule has 88 valence electrons. The Kier molecular flexibility index (Phi) is 3.26. The van der Waals surface area contributed by atoms with Gasteiger partial charge in [-0.3, -0.25) is 9.48 Å².